The second kappa shape index (κ2) is 7.01. The van der Waals surface area contributed by atoms with Gasteiger partial charge in [-0.05, 0) is 20.3 Å². The van der Waals surface area contributed by atoms with Crippen molar-refractivity contribution in [2.24, 2.45) is 5.92 Å². The van der Waals surface area contributed by atoms with Crippen LogP contribution >= 0.6 is 0 Å². The standard InChI is InChI=1S/C14H25NO4/c1-9(2)13(17)6-14(18)15-7-12(16)5-11(15)8-19-10(3)4/h9-12,16H,5-8H2,1-4H3/t11-,12-/m0/s1. The molecule has 5 nitrogen and oxygen atoms in total. The van der Waals surface area contributed by atoms with Crippen molar-refractivity contribution in [1.82, 2.24) is 4.90 Å². The summed E-state index contributed by atoms with van der Waals surface area (Å²) >= 11 is 0. The Balaban J connectivity index is 2.57. The fraction of sp³-hybridized carbons (Fsp3) is 0.857. The lowest BCUT2D eigenvalue weighted by Crippen LogP contribution is -2.40. The highest BCUT2D eigenvalue weighted by molar-refractivity contribution is 5.99. The molecular weight excluding hydrogens is 246 g/mol. The third kappa shape index (κ3) is 4.91. The Morgan fingerprint density at radius 2 is 1.95 bits per heavy atom. The minimum Gasteiger partial charge on any atom is -0.391 e. The molecule has 1 aliphatic heterocycles. The molecule has 1 N–H and O–H groups in total. The average molecular weight is 271 g/mol. The van der Waals surface area contributed by atoms with Crippen LogP contribution < -0.4 is 0 Å². The van der Waals surface area contributed by atoms with Crippen molar-refractivity contribution in [3.63, 3.8) is 0 Å². The molecule has 1 saturated heterocycles. The van der Waals surface area contributed by atoms with Gasteiger partial charge in [-0.3, -0.25) is 9.59 Å². The summed E-state index contributed by atoms with van der Waals surface area (Å²) in [6, 6.07) is -0.120. The average Bonchev–Trinajstić information content (AvgIpc) is 2.67. The van der Waals surface area contributed by atoms with Crippen molar-refractivity contribution in [2.75, 3.05) is 13.2 Å². The van der Waals surface area contributed by atoms with E-state index in [1.54, 1.807) is 18.7 Å². The summed E-state index contributed by atoms with van der Waals surface area (Å²) in [6.07, 6.45) is 0.0162. The Morgan fingerprint density at radius 3 is 2.47 bits per heavy atom. The van der Waals surface area contributed by atoms with Gasteiger partial charge in [0.25, 0.3) is 0 Å². The van der Waals surface area contributed by atoms with E-state index in [1.807, 2.05) is 13.8 Å². The normalized spacial score (nSPS) is 23.4. The van der Waals surface area contributed by atoms with E-state index in [-0.39, 0.29) is 36.2 Å². The molecule has 5 heteroatoms. The van der Waals surface area contributed by atoms with Gasteiger partial charge in [0.2, 0.25) is 5.91 Å². The highest BCUT2D eigenvalue weighted by atomic mass is 16.5. The van der Waals surface area contributed by atoms with Gasteiger partial charge in [0.05, 0.1) is 31.3 Å². The van der Waals surface area contributed by atoms with E-state index in [0.717, 1.165) is 0 Å². The number of hydrogen-bond acceptors (Lipinski definition) is 4. The zero-order chi connectivity index (χ0) is 14.6. The summed E-state index contributed by atoms with van der Waals surface area (Å²) < 4.78 is 5.52. The number of ketones is 1. The second-order valence-electron chi connectivity index (χ2n) is 5.77. The molecule has 1 heterocycles. The molecule has 0 saturated carbocycles. The molecule has 0 radical (unpaired) electrons. The van der Waals surface area contributed by atoms with E-state index in [1.165, 1.54) is 0 Å². The molecule has 0 aliphatic carbocycles. The maximum Gasteiger partial charge on any atom is 0.230 e. The summed E-state index contributed by atoms with van der Waals surface area (Å²) in [6.45, 7) is 8.15. The maximum atomic E-state index is 12.1. The topological polar surface area (TPSA) is 66.8 Å². The van der Waals surface area contributed by atoms with Crippen molar-refractivity contribution in [1.29, 1.82) is 0 Å². The summed E-state index contributed by atoms with van der Waals surface area (Å²) in [5.74, 6) is -0.399. The summed E-state index contributed by atoms with van der Waals surface area (Å²) in [5.41, 5.74) is 0. The van der Waals surface area contributed by atoms with Gasteiger partial charge in [-0.2, -0.15) is 0 Å². The number of Topliss-reactive ketones (excluding diaryl/α,β-unsaturated/α-hetero) is 1. The Bertz CT molecular complexity index is 327. The number of carbonyl (C=O) groups is 2. The molecule has 1 fully saturated rings. The Kier molecular flexibility index (Phi) is 5.94. The van der Waals surface area contributed by atoms with Crippen molar-refractivity contribution >= 4 is 11.7 Å². The predicted molar refractivity (Wildman–Crippen MR) is 71.7 cm³/mol. The number of aliphatic hydroxyl groups excluding tert-OH is 1. The highest BCUT2D eigenvalue weighted by Gasteiger charge is 2.35. The number of rotatable bonds is 6. The van der Waals surface area contributed by atoms with Gasteiger partial charge in [0, 0.05) is 12.5 Å². The predicted octanol–water partition coefficient (Wildman–Crippen LogP) is 0.988. The van der Waals surface area contributed by atoms with Gasteiger partial charge in [-0.15, -0.1) is 0 Å². The smallest absolute Gasteiger partial charge is 0.230 e. The van der Waals surface area contributed by atoms with Crippen LogP contribution in [0.25, 0.3) is 0 Å². The van der Waals surface area contributed by atoms with Gasteiger partial charge in [0.15, 0.2) is 0 Å². The van der Waals surface area contributed by atoms with Crippen molar-refractivity contribution in [3.8, 4) is 0 Å². The summed E-state index contributed by atoms with van der Waals surface area (Å²) in [4.78, 5) is 25.3. The number of nitrogens with zero attached hydrogens (tertiary/aromatic N) is 1. The van der Waals surface area contributed by atoms with Gasteiger partial charge in [-0.25, -0.2) is 0 Å². The Morgan fingerprint density at radius 1 is 1.32 bits per heavy atom. The van der Waals surface area contributed by atoms with Crippen LogP contribution in [0.5, 0.6) is 0 Å². The first kappa shape index (κ1) is 16.1. The minimum absolute atomic E-state index is 0.0603. The van der Waals surface area contributed by atoms with Crippen molar-refractivity contribution < 1.29 is 19.4 Å². The maximum absolute atomic E-state index is 12.1. The molecule has 0 spiro atoms. The largest absolute Gasteiger partial charge is 0.391 e. The number of ether oxygens (including phenoxy) is 1. The fourth-order valence-corrected chi connectivity index (χ4v) is 2.11. The first-order valence-electron chi connectivity index (χ1n) is 6.93. The molecule has 0 bridgehead atoms. The second-order valence-corrected chi connectivity index (χ2v) is 5.77. The molecule has 1 aliphatic rings. The van der Waals surface area contributed by atoms with E-state index >= 15 is 0 Å². The highest BCUT2D eigenvalue weighted by Crippen LogP contribution is 2.20. The number of β-amino-alcohol motifs (C(OH)–C–C–N with tert-alkyl or cyclic N) is 1. The number of carbonyl (C=O) groups excluding carboxylic acids is 2. The van der Waals surface area contributed by atoms with E-state index in [9.17, 15) is 14.7 Å². The molecule has 0 aromatic rings. The van der Waals surface area contributed by atoms with Crippen LogP contribution in [0.1, 0.15) is 40.5 Å². The lowest BCUT2D eigenvalue weighted by molar-refractivity contribution is -0.138. The van der Waals surface area contributed by atoms with Crippen LogP contribution in [0.15, 0.2) is 0 Å². The Labute approximate surface area is 114 Å². The molecule has 2 atom stereocenters. The van der Waals surface area contributed by atoms with E-state index in [4.69, 9.17) is 4.74 Å². The lowest BCUT2D eigenvalue weighted by atomic mass is 10.1. The molecule has 0 unspecified atom stereocenters. The van der Waals surface area contributed by atoms with Crippen LogP contribution in [0.4, 0.5) is 0 Å². The van der Waals surface area contributed by atoms with Gasteiger partial charge in [0.1, 0.15) is 5.78 Å². The fourth-order valence-electron chi connectivity index (χ4n) is 2.11. The first-order chi connectivity index (χ1) is 8.81. The third-order valence-corrected chi connectivity index (χ3v) is 3.30. The van der Waals surface area contributed by atoms with Crippen molar-refractivity contribution in [2.45, 2.75) is 58.8 Å². The lowest BCUT2D eigenvalue weighted by Gasteiger charge is -2.25. The van der Waals surface area contributed by atoms with Crippen LogP contribution in [0.3, 0.4) is 0 Å². The van der Waals surface area contributed by atoms with Gasteiger partial charge >= 0.3 is 0 Å². The molecule has 110 valence electrons. The quantitative estimate of drug-likeness (QED) is 0.732. The van der Waals surface area contributed by atoms with E-state index in [2.05, 4.69) is 0 Å². The van der Waals surface area contributed by atoms with Crippen LogP contribution in [-0.4, -0.2) is 53.1 Å². The minimum atomic E-state index is -0.515. The molecule has 1 rings (SSSR count). The summed E-state index contributed by atoms with van der Waals surface area (Å²) in [5, 5.41) is 9.69. The zero-order valence-corrected chi connectivity index (χ0v) is 12.3. The monoisotopic (exact) mass is 271 g/mol. The van der Waals surface area contributed by atoms with Crippen molar-refractivity contribution in [3.05, 3.63) is 0 Å². The number of amides is 1. The van der Waals surface area contributed by atoms with Gasteiger partial charge in [-0.1, -0.05) is 13.8 Å². The molecular formula is C14H25NO4. The SMILES string of the molecule is CC(C)OC[C@@H]1C[C@H](O)CN1C(=O)CC(=O)C(C)C. The third-order valence-electron chi connectivity index (χ3n) is 3.30. The Hall–Kier alpha value is -0.940. The van der Waals surface area contributed by atoms with Crippen LogP contribution in [-0.2, 0) is 14.3 Å². The number of aliphatic hydroxyl groups is 1. The van der Waals surface area contributed by atoms with E-state index in [0.29, 0.717) is 19.6 Å². The first-order valence-corrected chi connectivity index (χ1v) is 6.93. The summed E-state index contributed by atoms with van der Waals surface area (Å²) in [7, 11) is 0. The van der Waals surface area contributed by atoms with E-state index < -0.39 is 6.10 Å². The molecule has 1 amide bonds. The van der Waals surface area contributed by atoms with Crippen LogP contribution in [0.2, 0.25) is 0 Å². The molecule has 0 aromatic heterocycles. The van der Waals surface area contributed by atoms with Gasteiger partial charge < -0.3 is 14.7 Å². The zero-order valence-electron chi connectivity index (χ0n) is 12.3. The molecule has 19 heavy (non-hydrogen) atoms. The van der Waals surface area contributed by atoms with Crippen LogP contribution in [0, 0.1) is 5.92 Å². The number of likely N-dealkylation sites (tertiary alicyclic amines) is 1. The number of hydrogen-bond donors (Lipinski definition) is 1. The molecule has 0 aromatic carbocycles.